The quantitative estimate of drug-likeness (QED) is 0.686. The summed E-state index contributed by atoms with van der Waals surface area (Å²) in [6, 6.07) is 12.4. The van der Waals surface area contributed by atoms with Gasteiger partial charge in [-0.3, -0.25) is 0 Å². The Hall–Kier alpha value is -2.00. The summed E-state index contributed by atoms with van der Waals surface area (Å²) in [7, 11) is 0. The van der Waals surface area contributed by atoms with Crippen LogP contribution in [0.2, 0.25) is 0 Å². The van der Waals surface area contributed by atoms with Crippen LogP contribution < -0.4 is 5.43 Å². The van der Waals surface area contributed by atoms with Crippen LogP contribution in [0.25, 0.3) is 11.1 Å². The molecule has 0 atom stereocenters. The van der Waals surface area contributed by atoms with Crippen molar-refractivity contribution >= 4 is 11.9 Å². The smallest absolute Gasteiger partial charge is 0.184 e. The molecule has 0 spiro atoms. The van der Waals surface area contributed by atoms with Crippen molar-refractivity contribution in [3.05, 3.63) is 48.3 Å². The van der Waals surface area contributed by atoms with Gasteiger partial charge in [0.25, 0.3) is 0 Å². The van der Waals surface area contributed by atoms with E-state index in [1.807, 2.05) is 29.8 Å². The number of fused-ring (bicyclic) bond motifs is 1. The summed E-state index contributed by atoms with van der Waals surface area (Å²) >= 11 is 0. The summed E-state index contributed by atoms with van der Waals surface area (Å²) in [4.78, 5) is 4.36. The molecule has 0 fully saturated rings. The van der Waals surface area contributed by atoms with Crippen molar-refractivity contribution in [3.8, 4) is 11.1 Å². The molecule has 1 aliphatic heterocycles. The molecule has 1 aromatic heterocycles. The lowest BCUT2D eigenvalue weighted by molar-refractivity contribution is -0.573. The largest absolute Gasteiger partial charge is 0.248 e. The Balaban J connectivity index is 2.09. The van der Waals surface area contributed by atoms with E-state index in [0.29, 0.717) is 0 Å². The summed E-state index contributed by atoms with van der Waals surface area (Å²) in [5, 5.41) is 4.07. The molecule has 2 N–H and O–H groups in total. The molecular weight excluding hydrogens is 186 g/mol. The fourth-order valence-corrected chi connectivity index (χ4v) is 1.68. The summed E-state index contributed by atoms with van der Waals surface area (Å²) < 4.78 is 0. The summed E-state index contributed by atoms with van der Waals surface area (Å²) in [6.07, 6.45) is 3.67. The van der Waals surface area contributed by atoms with Crippen molar-refractivity contribution < 1.29 is 5.43 Å². The topological polar surface area (TPSA) is 41.9 Å². The zero-order chi connectivity index (χ0) is 10.1. The van der Waals surface area contributed by atoms with Gasteiger partial charge in [-0.1, -0.05) is 35.4 Å². The van der Waals surface area contributed by atoms with Crippen LogP contribution in [0, 0.1) is 0 Å². The molecule has 0 bridgehead atoms. The van der Waals surface area contributed by atoms with E-state index >= 15 is 0 Å². The highest BCUT2D eigenvalue weighted by atomic mass is 15.3. The van der Waals surface area contributed by atoms with Crippen molar-refractivity contribution in [2.45, 2.75) is 0 Å². The van der Waals surface area contributed by atoms with E-state index in [4.69, 9.17) is 0 Å². The Morgan fingerprint density at radius 1 is 1.00 bits per heavy atom. The zero-order valence-corrected chi connectivity index (χ0v) is 8.09. The number of aromatic nitrogens is 1. The van der Waals surface area contributed by atoms with Crippen LogP contribution in [0.3, 0.4) is 0 Å². The number of pyridine rings is 1. The van der Waals surface area contributed by atoms with Crippen LogP contribution in [0.1, 0.15) is 5.69 Å². The first kappa shape index (κ1) is 8.32. The van der Waals surface area contributed by atoms with Crippen molar-refractivity contribution in [1.82, 2.24) is 4.98 Å². The van der Waals surface area contributed by atoms with Crippen LogP contribution in [0.15, 0.2) is 47.7 Å². The van der Waals surface area contributed by atoms with Crippen molar-refractivity contribution in [2.75, 3.05) is 0 Å². The van der Waals surface area contributed by atoms with E-state index in [9.17, 15) is 0 Å². The van der Waals surface area contributed by atoms with Crippen molar-refractivity contribution in [3.63, 3.8) is 0 Å². The third-order valence-corrected chi connectivity index (χ3v) is 2.47. The van der Waals surface area contributed by atoms with Crippen molar-refractivity contribution in [1.29, 1.82) is 0 Å². The second-order valence-corrected chi connectivity index (χ2v) is 3.47. The van der Waals surface area contributed by atoms with Crippen LogP contribution in [-0.2, 0) is 0 Å². The van der Waals surface area contributed by atoms with Gasteiger partial charge in [-0.25, -0.2) is 4.98 Å². The SMILES string of the molecule is C1=N[NH2+]c2cc(-c3ccccc3)cnc21. The Labute approximate surface area is 87.5 Å². The Morgan fingerprint density at radius 3 is 2.73 bits per heavy atom. The molecule has 15 heavy (non-hydrogen) atoms. The molecule has 0 aliphatic carbocycles. The lowest BCUT2D eigenvalue weighted by atomic mass is 10.1. The minimum atomic E-state index is 0.953. The van der Waals surface area contributed by atoms with Crippen LogP contribution >= 0.6 is 0 Å². The number of hydrogen-bond acceptors (Lipinski definition) is 2. The van der Waals surface area contributed by atoms with E-state index in [0.717, 1.165) is 16.9 Å². The van der Waals surface area contributed by atoms with E-state index < -0.39 is 0 Å². The van der Waals surface area contributed by atoms with Gasteiger partial charge in [0.2, 0.25) is 0 Å². The predicted molar refractivity (Wildman–Crippen MR) is 58.9 cm³/mol. The first-order valence-corrected chi connectivity index (χ1v) is 4.85. The number of rotatable bonds is 1. The van der Waals surface area contributed by atoms with E-state index in [1.165, 1.54) is 5.56 Å². The molecule has 0 unspecified atom stereocenters. The van der Waals surface area contributed by atoms with Crippen molar-refractivity contribution in [2.24, 2.45) is 5.10 Å². The fraction of sp³-hybridized carbons (Fsp3) is 0. The van der Waals surface area contributed by atoms with Gasteiger partial charge in [0.15, 0.2) is 5.69 Å². The van der Waals surface area contributed by atoms with Gasteiger partial charge < -0.3 is 0 Å². The summed E-state index contributed by atoms with van der Waals surface area (Å²) in [5.74, 6) is 0. The third-order valence-electron chi connectivity index (χ3n) is 2.47. The molecule has 0 amide bonds. The van der Waals surface area contributed by atoms with E-state index in [2.05, 4.69) is 28.3 Å². The highest BCUT2D eigenvalue weighted by Crippen LogP contribution is 2.21. The standard InChI is InChI=1S/C12H9N3/c1-2-4-9(5-3-1)10-6-11-12(13-7-10)8-14-15-11/h1-8H,(H,14,15)/p+1. The highest BCUT2D eigenvalue weighted by molar-refractivity contribution is 5.85. The molecule has 3 heteroatoms. The predicted octanol–water partition coefficient (Wildman–Crippen LogP) is 1.29. The van der Waals surface area contributed by atoms with Gasteiger partial charge in [0, 0.05) is 17.8 Å². The van der Waals surface area contributed by atoms with Gasteiger partial charge in [-0.15, -0.1) is 0 Å². The Morgan fingerprint density at radius 2 is 1.87 bits per heavy atom. The zero-order valence-electron chi connectivity index (χ0n) is 8.09. The number of nitrogens with zero attached hydrogens (tertiary/aromatic N) is 2. The van der Waals surface area contributed by atoms with Crippen LogP contribution in [0.4, 0.5) is 5.69 Å². The Kier molecular flexibility index (Phi) is 1.83. The first-order chi connectivity index (χ1) is 7.43. The number of benzene rings is 1. The maximum absolute atomic E-state index is 4.36. The molecule has 0 saturated heterocycles. The van der Waals surface area contributed by atoms with Gasteiger partial charge >= 0.3 is 0 Å². The minimum absolute atomic E-state index is 0.953. The lowest BCUT2D eigenvalue weighted by Crippen LogP contribution is -2.69. The van der Waals surface area contributed by atoms with Crippen LogP contribution in [-0.4, -0.2) is 11.2 Å². The van der Waals surface area contributed by atoms with Gasteiger partial charge in [-0.2, -0.15) is 5.43 Å². The fourth-order valence-electron chi connectivity index (χ4n) is 1.68. The second-order valence-electron chi connectivity index (χ2n) is 3.47. The second kappa shape index (κ2) is 3.29. The van der Waals surface area contributed by atoms with Crippen LogP contribution in [0.5, 0.6) is 0 Å². The first-order valence-electron chi connectivity index (χ1n) is 4.85. The number of nitrogens with two attached hydrogens (primary N) is 1. The molecule has 0 radical (unpaired) electrons. The third kappa shape index (κ3) is 1.43. The molecule has 3 rings (SSSR count). The molecule has 1 aromatic carbocycles. The molecule has 2 heterocycles. The highest BCUT2D eigenvalue weighted by Gasteiger charge is 2.13. The maximum Gasteiger partial charge on any atom is 0.184 e. The normalized spacial score (nSPS) is 12.8. The average Bonchev–Trinajstić information content (AvgIpc) is 2.77. The molecular formula is C12H10N3+. The molecule has 72 valence electrons. The lowest BCUT2D eigenvalue weighted by Gasteiger charge is -2.00. The average molecular weight is 196 g/mol. The monoisotopic (exact) mass is 196 g/mol. The molecule has 3 nitrogen and oxygen atoms in total. The minimum Gasteiger partial charge on any atom is -0.248 e. The summed E-state index contributed by atoms with van der Waals surface area (Å²) in [5.41, 5.74) is 6.21. The molecule has 1 aliphatic rings. The van der Waals surface area contributed by atoms with E-state index in [-0.39, 0.29) is 0 Å². The summed E-state index contributed by atoms with van der Waals surface area (Å²) in [6.45, 7) is 0. The molecule has 0 saturated carbocycles. The molecule has 2 aromatic rings. The maximum atomic E-state index is 4.36. The van der Waals surface area contributed by atoms with Gasteiger partial charge in [0.1, 0.15) is 11.9 Å². The van der Waals surface area contributed by atoms with Gasteiger partial charge in [0.05, 0.1) is 0 Å². The number of quaternary nitrogens is 1. The number of hydrogen-bond donors (Lipinski definition) is 1. The van der Waals surface area contributed by atoms with E-state index in [1.54, 1.807) is 6.21 Å². The van der Waals surface area contributed by atoms with Gasteiger partial charge in [-0.05, 0) is 5.56 Å². The Bertz CT molecular complexity index is 518.